The van der Waals surface area contributed by atoms with Crippen LogP contribution in [-0.2, 0) is 9.53 Å². The maximum absolute atomic E-state index is 11.7. The Bertz CT molecular complexity index is 259. The number of hydrogen-bond donors (Lipinski definition) is 0. The number of esters is 1. The van der Waals surface area contributed by atoms with Gasteiger partial charge in [-0.2, -0.15) is 0 Å². The number of carbonyl (C=O) groups is 1. The van der Waals surface area contributed by atoms with Crippen LogP contribution >= 0.6 is 0 Å². The van der Waals surface area contributed by atoms with Crippen molar-refractivity contribution in [3.8, 4) is 0 Å². The third kappa shape index (κ3) is 0.818. The monoisotopic (exact) mass is 180 g/mol. The van der Waals surface area contributed by atoms with Crippen molar-refractivity contribution in [3.63, 3.8) is 0 Å². The summed E-state index contributed by atoms with van der Waals surface area (Å²) in [5.41, 5.74) is -0.0167. The fourth-order valence-electron chi connectivity index (χ4n) is 3.83. The Morgan fingerprint density at radius 1 is 1.46 bits per heavy atom. The zero-order valence-electron chi connectivity index (χ0n) is 8.08. The van der Waals surface area contributed by atoms with Crippen LogP contribution in [-0.4, -0.2) is 12.6 Å². The first kappa shape index (κ1) is 7.84. The standard InChI is InChI=1S/C11H16O2/c1-7-4-9-5-8(7)6-11(9)2-3-13-10(11)12/h7-9H,2-6H2,1H3/t7-,8+,9?,11?/m1/s1. The minimum atomic E-state index is -0.0167. The highest BCUT2D eigenvalue weighted by Crippen LogP contribution is 2.61. The van der Waals surface area contributed by atoms with Crippen LogP contribution in [0.1, 0.15) is 32.6 Å². The third-order valence-corrected chi connectivity index (χ3v) is 4.64. The molecule has 1 saturated heterocycles. The summed E-state index contributed by atoms with van der Waals surface area (Å²) in [7, 11) is 0. The van der Waals surface area contributed by atoms with E-state index in [4.69, 9.17) is 4.74 Å². The molecule has 3 rings (SSSR count). The number of rotatable bonds is 0. The van der Waals surface area contributed by atoms with Crippen molar-refractivity contribution in [1.29, 1.82) is 0 Å². The molecule has 2 aliphatic carbocycles. The van der Waals surface area contributed by atoms with Crippen molar-refractivity contribution < 1.29 is 9.53 Å². The van der Waals surface area contributed by atoms with E-state index in [9.17, 15) is 4.79 Å². The Morgan fingerprint density at radius 3 is 2.77 bits per heavy atom. The summed E-state index contributed by atoms with van der Waals surface area (Å²) in [6, 6.07) is 0. The van der Waals surface area contributed by atoms with E-state index in [0.717, 1.165) is 24.7 Å². The van der Waals surface area contributed by atoms with E-state index >= 15 is 0 Å². The predicted octanol–water partition coefficient (Wildman–Crippen LogP) is 1.99. The largest absolute Gasteiger partial charge is 0.465 e. The summed E-state index contributed by atoms with van der Waals surface area (Å²) >= 11 is 0. The molecule has 0 aromatic rings. The summed E-state index contributed by atoms with van der Waals surface area (Å²) in [4.78, 5) is 11.7. The van der Waals surface area contributed by atoms with E-state index in [-0.39, 0.29) is 11.4 Å². The number of cyclic esters (lactones) is 1. The number of carbonyl (C=O) groups excluding carboxylic acids is 1. The van der Waals surface area contributed by atoms with Crippen LogP contribution in [0, 0.1) is 23.2 Å². The maximum atomic E-state index is 11.7. The smallest absolute Gasteiger partial charge is 0.312 e. The molecular weight excluding hydrogens is 164 g/mol. The lowest BCUT2D eigenvalue weighted by Gasteiger charge is -2.31. The molecule has 1 aliphatic heterocycles. The first-order valence-corrected chi connectivity index (χ1v) is 5.39. The van der Waals surface area contributed by atoms with Crippen molar-refractivity contribution in [2.24, 2.45) is 23.2 Å². The molecule has 2 heteroatoms. The van der Waals surface area contributed by atoms with E-state index < -0.39 is 0 Å². The molecule has 2 saturated carbocycles. The van der Waals surface area contributed by atoms with Gasteiger partial charge in [-0.1, -0.05) is 6.92 Å². The Labute approximate surface area is 78.6 Å². The molecular formula is C11H16O2. The Hall–Kier alpha value is -0.530. The van der Waals surface area contributed by atoms with Gasteiger partial charge in [0.15, 0.2) is 0 Å². The minimum Gasteiger partial charge on any atom is -0.465 e. The molecule has 1 heterocycles. The lowest BCUT2D eigenvalue weighted by Crippen LogP contribution is -2.34. The zero-order valence-corrected chi connectivity index (χ0v) is 8.08. The van der Waals surface area contributed by atoms with Crippen LogP contribution in [0.25, 0.3) is 0 Å². The molecule has 0 radical (unpaired) electrons. The molecule has 4 atom stereocenters. The van der Waals surface area contributed by atoms with Gasteiger partial charge < -0.3 is 4.74 Å². The van der Waals surface area contributed by atoms with Crippen molar-refractivity contribution in [1.82, 2.24) is 0 Å². The van der Waals surface area contributed by atoms with Gasteiger partial charge in [-0.05, 0) is 43.4 Å². The summed E-state index contributed by atoms with van der Waals surface area (Å²) in [6.07, 6.45) is 4.67. The Morgan fingerprint density at radius 2 is 2.31 bits per heavy atom. The normalized spacial score (nSPS) is 53.3. The second kappa shape index (κ2) is 2.28. The molecule has 3 fully saturated rings. The highest BCUT2D eigenvalue weighted by Gasteiger charge is 2.60. The molecule has 2 bridgehead atoms. The lowest BCUT2D eigenvalue weighted by molar-refractivity contribution is -0.149. The number of ether oxygens (including phenoxy) is 1. The second-order valence-corrected chi connectivity index (χ2v) is 5.15. The fraction of sp³-hybridized carbons (Fsp3) is 0.909. The third-order valence-electron chi connectivity index (χ3n) is 4.64. The predicted molar refractivity (Wildman–Crippen MR) is 48.0 cm³/mol. The van der Waals surface area contributed by atoms with Gasteiger partial charge in [0, 0.05) is 0 Å². The zero-order chi connectivity index (χ0) is 9.05. The second-order valence-electron chi connectivity index (χ2n) is 5.15. The molecule has 0 amide bonds. The van der Waals surface area contributed by atoms with Gasteiger partial charge in [0.1, 0.15) is 0 Å². The van der Waals surface area contributed by atoms with Crippen LogP contribution in [0.15, 0.2) is 0 Å². The topological polar surface area (TPSA) is 26.3 Å². The van der Waals surface area contributed by atoms with E-state index in [0.29, 0.717) is 12.5 Å². The Balaban J connectivity index is 1.92. The molecule has 0 N–H and O–H groups in total. The summed E-state index contributed by atoms with van der Waals surface area (Å²) in [5, 5.41) is 0. The number of hydrogen-bond acceptors (Lipinski definition) is 2. The molecule has 0 aromatic heterocycles. The summed E-state index contributed by atoms with van der Waals surface area (Å²) in [5.74, 6) is 2.44. The average molecular weight is 180 g/mol. The molecule has 0 aromatic carbocycles. The fourth-order valence-corrected chi connectivity index (χ4v) is 3.83. The Kier molecular flexibility index (Phi) is 1.38. The molecule has 3 aliphatic rings. The summed E-state index contributed by atoms with van der Waals surface area (Å²) < 4.78 is 5.14. The van der Waals surface area contributed by atoms with Gasteiger partial charge in [-0.25, -0.2) is 0 Å². The first-order chi connectivity index (χ1) is 6.22. The van der Waals surface area contributed by atoms with Crippen LogP contribution in [0.4, 0.5) is 0 Å². The van der Waals surface area contributed by atoms with Gasteiger partial charge in [-0.3, -0.25) is 4.79 Å². The SMILES string of the molecule is C[C@@H]1CC2C[C@H]1CC21CCOC1=O. The van der Waals surface area contributed by atoms with Crippen molar-refractivity contribution in [3.05, 3.63) is 0 Å². The van der Waals surface area contributed by atoms with Gasteiger partial charge >= 0.3 is 5.97 Å². The molecule has 1 spiro atoms. The quantitative estimate of drug-likeness (QED) is 0.533. The van der Waals surface area contributed by atoms with Crippen molar-refractivity contribution in [2.75, 3.05) is 6.61 Å². The summed E-state index contributed by atoms with van der Waals surface area (Å²) in [6.45, 7) is 3.01. The van der Waals surface area contributed by atoms with Crippen LogP contribution in [0.2, 0.25) is 0 Å². The van der Waals surface area contributed by atoms with E-state index in [1.54, 1.807) is 0 Å². The average Bonchev–Trinajstić information content (AvgIpc) is 2.70. The van der Waals surface area contributed by atoms with Crippen LogP contribution in [0.5, 0.6) is 0 Å². The maximum Gasteiger partial charge on any atom is 0.312 e. The minimum absolute atomic E-state index is 0.0167. The van der Waals surface area contributed by atoms with E-state index in [2.05, 4.69) is 6.92 Å². The number of fused-ring (bicyclic) bond motifs is 3. The molecule has 2 nitrogen and oxygen atoms in total. The lowest BCUT2D eigenvalue weighted by atomic mass is 9.70. The van der Waals surface area contributed by atoms with Gasteiger partial charge in [0.2, 0.25) is 0 Å². The molecule has 72 valence electrons. The first-order valence-electron chi connectivity index (χ1n) is 5.39. The van der Waals surface area contributed by atoms with E-state index in [1.807, 2.05) is 0 Å². The van der Waals surface area contributed by atoms with Crippen LogP contribution in [0.3, 0.4) is 0 Å². The van der Waals surface area contributed by atoms with Crippen molar-refractivity contribution >= 4 is 5.97 Å². The van der Waals surface area contributed by atoms with Crippen LogP contribution < -0.4 is 0 Å². The molecule has 13 heavy (non-hydrogen) atoms. The van der Waals surface area contributed by atoms with Gasteiger partial charge in [0.05, 0.1) is 12.0 Å². The van der Waals surface area contributed by atoms with Crippen molar-refractivity contribution in [2.45, 2.75) is 32.6 Å². The van der Waals surface area contributed by atoms with Gasteiger partial charge in [-0.15, -0.1) is 0 Å². The highest BCUT2D eigenvalue weighted by atomic mass is 16.5. The highest BCUT2D eigenvalue weighted by molar-refractivity contribution is 5.79. The van der Waals surface area contributed by atoms with Gasteiger partial charge in [0.25, 0.3) is 0 Å². The molecule has 2 unspecified atom stereocenters. The van der Waals surface area contributed by atoms with E-state index in [1.165, 1.54) is 12.8 Å².